The Morgan fingerprint density at radius 3 is 2.69 bits per heavy atom. The van der Waals surface area contributed by atoms with Gasteiger partial charge in [-0.25, -0.2) is 0 Å². The molecule has 2 rings (SSSR count). The fraction of sp³-hybridized carbons (Fsp3) is 0.417. The summed E-state index contributed by atoms with van der Waals surface area (Å²) in [7, 11) is 2.14. The molecule has 0 aromatic heterocycles. The van der Waals surface area contributed by atoms with Crippen molar-refractivity contribution < 1.29 is 4.79 Å². The number of hydrogen-bond acceptors (Lipinski definition) is 3. The van der Waals surface area contributed by atoms with Crippen molar-refractivity contribution >= 4 is 17.8 Å². The minimum absolute atomic E-state index is 0.798. The zero-order valence-corrected chi connectivity index (χ0v) is 9.44. The highest BCUT2D eigenvalue weighted by Crippen LogP contribution is 2.20. The van der Waals surface area contributed by atoms with Crippen LogP contribution in [0.25, 0.3) is 0 Å². The van der Waals surface area contributed by atoms with Gasteiger partial charge in [0.1, 0.15) is 0 Å². The minimum Gasteiger partial charge on any atom is -0.369 e. The van der Waals surface area contributed by atoms with E-state index in [0.29, 0.717) is 0 Å². The molecule has 0 atom stereocenters. The molecule has 0 bridgehead atoms. The van der Waals surface area contributed by atoms with Crippen molar-refractivity contribution in [2.45, 2.75) is 0 Å². The third-order valence-corrected chi connectivity index (χ3v) is 2.91. The Kier molecular flexibility index (Phi) is 3.41. The number of rotatable bonds is 3. The summed E-state index contributed by atoms with van der Waals surface area (Å²) >= 11 is 0. The molecule has 1 saturated heterocycles. The van der Waals surface area contributed by atoms with Crippen LogP contribution in [0.2, 0.25) is 0 Å². The molecule has 16 heavy (non-hydrogen) atoms. The van der Waals surface area contributed by atoms with Gasteiger partial charge < -0.3 is 15.1 Å². The van der Waals surface area contributed by atoms with Gasteiger partial charge in [-0.05, 0) is 25.2 Å². The molecule has 0 spiro atoms. The predicted molar refractivity (Wildman–Crippen MR) is 65.5 cm³/mol. The molecule has 1 fully saturated rings. The first-order valence-electron chi connectivity index (χ1n) is 5.46. The maximum atomic E-state index is 10.2. The molecule has 0 saturated carbocycles. The average molecular weight is 218 g/mol. The number of amides is 1. The molecular weight excluding hydrogens is 202 g/mol. The fourth-order valence-electron chi connectivity index (χ4n) is 1.90. The summed E-state index contributed by atoms with van der Waals surface area (Å²) in [5, 5.41) is 2.55. The Balaban J connectivity index is 2.08. The second-order valence-corrected chi connectivity index (χ2v) is 4.07. The molecular formula is C12H16N3O. The molecule has 4 heteroatoms. The highest BCUT2D eigenvalue weighted by atomic mass is 16.1. The smallest absolute Gasteiger partial charge is 0.314 e. The monoisotopic (exact) mass is 218 g/mol. The lowest BCUT2D eigenvalue weighted by Crippen LogP contribution is -2.44. The number of likely N-dealkylation sites (N-methyl/N-ethyl adjacent to an activating group) is 1. The van der Waals surface area contributed by atoms with E-state index >= 15 is 0 Å². The van der Waals surface area contributed by atoms with Crippen molar-refractivity contribution in [2.24, 2.45) is 0 Å². The van der Waals surface area contributed by atoms with Crippen LogP contribution >= 0.6 is 0 Å². The number of nitrogens with one attached hydrogen (secondary N) is 1. The zero-order valence-electron chi connectivity index (χ0n) is 9.44. The lowest BCUT2D eigenvalue weighted by molar-refractivity contribution is 0.313. The molecule has 1 radical (unpaired) electrons. The Morgan fingerprint density at radius 1 is 1.25 bits per heavy atom. The third-order valence-electron chi connectivity index (χ3n) is 2.91. The summed E-state index contributed by atoms with van der Waals surface area (Å²) in [6, 6.07) is 7.87. The summed E-state index contributed by atoms with van der Waals surface area (Å²) in [5.74, 6) is 0. The second-order valence-electron chi connectivity index (χ2n) is 4.07. The van der Waals surface area contributed by atoms with Crippen molar-refractivity contribution in [1.82, 2.24) is 4.90 Å². The van der Waals surface area contributed by atoms with E-state index in [2.05, 4.69) is 28.2 Å². The summed E-state index contributed by atoms with van der Waals surface area (Å²) < 4.78 is 0. The van der Waals surface area contributed by atoms with Crippen molar-refractivity contribution in [3.8, 4) is 0 Å². The summed E-state index contributed by atoms with van der Waals surface area (Å²) in [6.07, 6.45) is 1.69. The first-order valence-corrected chi connectivity index (χ1v) is 5.46. The van der Waals surface area contributed by atoms with Gasteiger partial charge in [-0.15, -0.1) is 0 Å². The first-order chi connectivity index (χ1) is 7.79. The fourth-order valence-corrected chi connectivity index (χ4v) is 1.90. The molecule has 1 amide bonds. The van der Waals surface area contributed by atoms with Crippen molar-refractivity contribution in [3.05, 3.63) is 24.3 Å². The number of nitrogens with zero attached hydrogens (tertiary/aromatic N) is 2. The maximum absolute atomic E-state index is 10.2. The van der Waals surface area contributed by atoms with Crippen LogP contribution in [-0.4, -0.2) is 44.5 Å². The molecule has 1 aliphatic rings. The quantitative estimate of drug-likeness (QED) is 0.766. The summed E-state index contributed by atoms with van der Waals surface area (Å²) in [4.78, 5) is 14.9. The molecule has 0 aliphatic carbocycles. The largest absolute Gasteiger partial charge is 0.369 e. The molecule has 85 valence electrons. The number of benzene rings is 1. The molecule has 1 heterocycles. The van der Waals surface area contributed by atoms with Crippen LogP contribution in [0.1, 0.15) is 0 Å². The topological polar surface area (TPSA) is 35.6 Å². The van der Waals surface area contributed by atoms with Gasteiger partial charge in [0.2, 0.25) is 0 Å². The van der Waals surface area contributed by atoms with Crippen LogP contribution in [0.3, 0.4) is 0 Å². The molecule has 1 aliphatic heterocycles. The lowest BCUT2D eigenvalue weighted by Gasteiger charge is -2.34. The summed E-state index contributed by atoms with van der Waals surface area (Å²) in [6.45, 7) is 4.23. The van der Waals surface area contributed by atoms with Crippen molar-refractivity contribution in [1.29, 1.82) is 0 Å². The predicted octanol–water partition coefficient (Wildman–Crippen LogP) is 0.917. The molecule has 4 nitrogen and oxygen atoms in total. The second kappa shape index (κ2) is 4.99. The van der Waals surface area contributed by atoms with Crippen LogP contribution in [0.4, 0.5) is 11.4 Å². The number of anilines is 2. The molecule has 1 N–H and O–H groups in total. The number of hydrogen-bond donors (Lipinski definition) is 1. The Labute approximate surface area is 95.8 Å². The lowest BCUT2D eigenvalue weighted by atomic mass is 10.2. The SMILES string of the molecule is CN1CCN(c2cccc(N[C]=O)c2)CC1. The van der Waals surface area contributed by atoms with E-state index in [4.69, 9.17) is 0 Å². The van der Waals surface area contributed by atoms with Gasteiger partial charge in [-0.1, -0.05) is 6.07 Å². The van der Waals surface area contributed by atoms with Crippen molar-refractivity contribution in [2.75, 3.05) is 43.4 Å². The third kappa shape index (κ3) is 2.52. The highest BCUT2D eigenvalue weighted by molar-refractivity contribution is 5.74. The summed E-state index contributed by atoms with van der Waals surface area (Å²) in [5.41, 5.74) is 1.96. The van der Waals surface area contributed by atoms with E-state index in [9.17, 15) is 4.79 Å². The standard InChI is InChI=1S/C12H16N3O/c1-14-5-7-15(8-6-14)12-4-2-3-11(9-12)13-10-16/h2-4,9H,5-8H2,1H3,(H,13,16). The van der Waals surface area contributed by atoms with Gasteiger partial charge in [0.15, 0.2) is 0 Å². The van der Waals surface area contributed by atoms with Gasteiger partial charge in [-0.3, -0.25) is 4.79 Å². The van der Waals surface area contributed by atoms with Gasteiger partial charge in [-0.2, -0.15) is 0 Å². The minimum atomic E-state index is 0.798. The van der Waals surface area contributed by atoms with Gasteiger partial charge >= 0.3 is 6.41 Å². The molecule has 0 unspecified atom stereocenters. The van der Waals surface area contributed by atoms with E-state index in [1.165, 1.54) is 0 Å². The number of piperazine rings is 1. The van der Waals surface area contributed by atoms with Crippen LogP contribution < -0.4 is 10.2 Å². The maximum Gasteiger partial charge on any atom is 0.314 e. The zero-order chi connectivity index (χ0) is 11.4. The average Bonchev–Trinajstić information content (AvgIpc) is 2.31. The van der Waals surface area contributed by atoms with E-state index in [1.807, 2.05) is 18.2 Å². The van der Waals surface area contributed by atoms with E-state index in [1.54, 1.807) is 6.41 Å². The van der Waals surface area contributed by atoms with Gasteiger partial charge in [0, 0.05) is 37.6 Å². The Hall–Kier alpha value is -1.55. The van der Waals surface area contributed by atoms with Gasteiger partial charge in [0.25, 0.3) is 0 Å². The van der Waals surface area contributed by atoms with Crippen LogP contribution in [0.15, 0.2) is 24.3 Å². The van der Waals surface area contributed by atoms with Gasteiger partial charge in [0.05, 0.1) is 0 Å². The van der Waals surface area contributed by atoms with E-state index in [0.717, 1.165) is 37.6 Å². The first kappa shape index (κ1) is 11.0. The van der Waals surface area contributed by atoms with Crippen LogP contribution in [0.5, 0.6) is 0 Å². The Morgan fingerprint density at radius 2 is 2.00 bits per heavy atom. The Bertz CT molecular complexity index is 359. The molecule has 1 aromatic rings. The molecule has 1 aromatic carbocycles. The normalized spacial score (nSPS) is 17.2. The van der Waals surface area contributed by atoms with E-state index < -0.39 is 0 Å². The van der Waals surface area contributed by atoms with Crippen LogP contribution in [-0.2, 0) is 4.79 Å². The van der Waals surface area contributed by atoms with Crippen molar-refractivity contribution in [3.63, 3.8) is 0 Å². The highest BCUT2D eigenvalue weighted by Gasteiger charge is 2.14. The van der Waals surface area contributed by atoms with Crippen LogP contribution in [0, 0.1) is 0 Å². The van der Waals surface area contributed by atoms with E-state index in [-0.39, 0.29) is 0 Å². The number of carbonyl (C=O) groups excluding carboxylic acids is 1.